The van der Waals surface area contributed by atoms with Crippen molar-refractivity contribution in [1.29, 1.82) is 0 Å². The van der Waals surface area contributed by atoms with Crippen molar-refractivity contribution in [3.05, 3.63) is 52.2 Å². The number of rotatable bonds is 5. The predicted octanol–water partition coefficient (Wildman–Crippen LogP) is 3.47. The number of hydrogen-bond acceptors (Lipinski definition) is 3. The summed E-state index contributed by atoms with van der Waals surface area (Å²) in [6.45, 7) is 1.55. The van der Waals surface area contributed by atoms with Crippen LogP contribution in [0.5, 0.6) is 5.75 Å². The van der Waals surface area contributed by atoms with Gasteiger partial charge in [-0.2, -0.15) is 0 Å². The summed E-state index contributed by atoms with van der Waals surface area (Å²) in [6, 6.07) is 12.3. The van der Waals surface area contributed by atoms with Crippen LogP contribution in [0.25, 0.3) is 0 Å². The molecule has 4 heteroatoms. The highest BCUT2D eigenvalue weighted by Crippen LogP contribution is 2.16. The van der Waals surface area contributed by atoms with Gasteiger partial charge in [-0.05, 0) is 36.2 Å². The molecular weight excluding hydrogens is 254 g/mol. The van der Waals surface area contributed by atoms with Gasteiger partial charge in [-0.15, -0.1) is 23.7 Å². The number of ether oxygens (including phenoxy) is 1. The van der Waals surface area contributed by atoms with Crippen LogP contribution in [0, 0.1) is 0 Å². The Kier molecular flexibility index (Phi) is 6.05. The molecule has 0 spiro atoms. The highest BCUT2D eigenvalue weighted by atomic mass is 35.5. The molecule has 0 saturated heterocycles. The van der Waals surface area contributed by atoms with Gasteiger partial charge in [-0.25, -0.2) is 0 Å². The second-order valence-electron chi connectivity index (χ2n) is 3.54. The molecule has 0 aliphatic carbocycles. The van der Waals surface area contributed by atoms with Crippen molar-refractivity contribution in [1.82, 2.24) is 5.32 Å². The second kappa shape index (κ2) is 7.33. The van der Waals surface area contributed by atoms with Crippen LogP contribution in [0.1, 0.15) is 10.4 Å². The molecule has 0 bridgehead atoms. The molecule has 2 rings (SSSR count). The van der Waals surface area contributed by atoms with Crippen molar-refractivity contribution in [3.8, 4) is 5.75 Å². The number of nitrogens with one attached hydrogen (secondary N) is 1. The van der Waals surface area contributed by atoms with E-state index in [-0.39, 0.29) is 12.4 Å². The maximum atomic E-state index is 5.67. The third kappa shape index (κ3) is 4.38. The van der Waals surface area contributed by atoms with Crippen LogP contribution in [0.3, 0.4) is 0 Å². The standard InChI is InChI=1S/C13H15NOS.ClH/c1-14-9-11-4-6-12(7-5-11)15-10-13-3-2-8-16-13;/h2-8,14H,9-10H2,1H3;1H. The zero-order valence-electron chi connectivity index (χ0n) is 9.68. The topological polar surface area (TPSA) is 21.3 Å². The third-order valence-electron chi connectivity index (χ3n) is 2.27. The van der Waals surface area contributed by atoms with Gasteiger partial charge in [0.25, 0.3) is 0 Å². The lowest BCUT2D eigenvalue weighted by Crippen LogP contribution is -2.04. The Balaban J connectivity index is 0.00000144. The molecule has 1 N–H and O–H groups in total. The monoisotopic (exact) mass is 269 g/mol. The molecule has 1 aromatic heterocycles. The largest absolute Gasteiger partial charge is 0.488 e. The lowest BCUT2D eigenvalue weighted by Gasteiger charge is -2.05. The average Bonchev–Trinajstić information content (AvgIpc) is 2.82. The van der Waals surface area contributed by atoms with Crippen LogP contribution >= 0.6 is 23.7 Å². The molecule has 0 unspecified atom stereocenters. The first-order valence-electron chi connectivity index (χ1n) is 5.27. The van der Waals surface area contributed by atoms with Gasteiger partial charge in [-0.3, -0.25) is 0 Å². The molecule has 0 radical (unpaired) electrons. The first-order valence-corrected chi connectivity index (χ1v) is 6.15. The summed E-state index contributed by atoms with van der Waals surface area (Å²) in [7, 11) is 1.95. The summed E-state index contributed by atoms with van der Waals surface area (Å²) in [5.41, 5.74) is 1.27. The van der Waals surface area contributed by atoms with E-state index in [4.69, 9.17) is 4.74 Å². The molecule has 0 aliphatic rings. The van der Waals surface area contributed by atoms with Crippen LogP contribution in [0.4, 0.5) is 0 Å². The summed E-state index contributed by atoms with van der Waals surface area (Å²) in [6.07, 6.45) is 0. The van der Waals surface area contributed by atoms with Crippen molar-refractivity contribution in [2.24, 2.45) is 0 Å². The van der Waals surface area contributed by atoms with E-state index in [0.717, 1.165) is 12.3 Å². The summed E-state index contributed by atoms with van der Waals surface area (Å²) >= 11 is 1.72. The Labute approximate surface area is 112 Å². The summed E-state index contributed by atoms with van der Waals surface area (Å²) in [5.74, 6) is 0.924. The molecule has 1 heterocycles. The van der Waals surface area contributed by atoms with E-state index in [1.165, 1.54) is 10.4 Å². The van der Waals surface area contributed by atoms with E-state index in [1.807, 2.05) is 25.2 Å². The molecule has 0 amide bonds. The highest BCUT2D eigenvalue weighted by molar-refractivity contribution is 7.09. The number of thiophene rings is 1. The van der Waals surface area contributed by atoms with Gasteiger partial charge in [-0.1, -0.05) is 18.2 Å². The lowest BCUT2D eigenvalue weighted by atomic mass is 10.2. The van der Waals surface area contributed by atoms with Crippen LogP contribution in [-0.2, 0) is 13.2 Å². The summed E-state index contributed by atoms with van der Waals surface area (Å²) in [5, 5.41) is 5.18. The summed E-state index contributed by atoms with van der Waals surface area (Å²) in [4.78, 5) is 1.25. The van der Waals surface area contributed by atoms with Gasteiger partial charge in [0.15, 0.2) is 0 Å². The molecule has 0 fully saturated rings. The zero-order chi connectivity index (χ0) is 11.2. The minimum absolute atomic E-state index is 0. The quantitative estimate of drug-likeness (QED) is 0.897. The molecule has 2 nitrogen and oxygen atoms in total. The summed E-state index contributed by atoms with van der Waals surface area (Å²) < 4.78 is 5.67. The maximum Gasteiger partial charge on any atom is 0.122 e. The molecule has 0 saturated carbocycles. The Bertz CT molecular complexity index is 413. The van der Waals surface area contributed by atoms with Crippen molar-refractivity contribution in [3.63, 3.8) is 0 Å². The van der Waals surface area contributed by atoms with Gasteiger partial charge < -0.3 is 10.1 Å². The van der Waals surface area contributed by atoms with E-state index in [9.17, 15) is 0 Å². The first-order chi connectivity index (χ1) is 7.88. The van der Waals surface area contributed by atoms with E-state index in [1.54, 1.807) is 11.3 Å². The fourth-order valence-corrected chi connectivity index (χ4v) is 2.07. The van der Waals surface area contributed by atoms with Crippen molar-refractivity contribution < 1.29 is 4.74 Å². The smallest absolute Gasteiger partial charge is 0.122 e. The number of benzene rings is 1. The van der Waals surface area contributed by atoms with Crippen molar-refractivity contribution in [2.75, 3.05) is 7.05 Å². The van der Waals surface area contributed by atoms with Crippen LogP contribution in [-0.4, -0.2) is 7.05 Å². The lowest BCUT2D eigenvalue weighted by molar-refractivity contribution is 0.309. The van der Waals surface area contributed by atoms with Gasteiger partial charge in [0.05, 0.1) is 0 Å². The first kappa shape index (κ1) is 14.0. The van der Waals surface area contributed by atoms with E-state index >= 15 is 0 Å². The Morgan fingerprint density at radius 1 is 1.18 bits per heavy atom. The molecular formula is C13H16ClNOS. The van der Waals surface area contributed by atoms with E-state index in [0.29, 0.717) is 6.61 Å². The van der Waals surface area contributed by atoms with Crippen LogP contribution < -0.4 is 10.1 Å². The molecule has 0 aliphatic heterocycles. The molecule has 0 atom stereocenters. The fraction of sp³-hybridized carbons (Fsp3) is 0.231. The fourth-order valence-electron chi connectivity index (χ4n) is 1.46. The Hall–Kier alpha value is -1.03. The Morgan fingerprint density at radius 3 is 2.53 bits per heavy atom. The molecule has 92 valence electrons. The van der Waals surface area contributed by atoms with Crippen molar-refractivity contribution in [2.45, 2.75) is 13.2 Å². The number of hydrogen-bond donors (Lipinski definition) is 1. The molecule has 2 aromatic rings. The van der Waals surface area contributed by atoms with Gasteiger partial charge in [0, 0.05) is 11.4 Å². The second-order valence-corrected chi connectivity index (χ2v) is 4.57. The zero-order valence-corrected chi connectivity index (χ0v) is 11.3. The number of halogens is 1. The van der Waals surface area contributed by atoms with E-state index < -0.39 is 0 Å². The highest BCUT2D eigenvalue weighted by Gasteiger charge is 1.97. The molecule has 17 heavy (non-hydrogen) atoms. The van der Waals surface area contributed by atoms with Gasteiger partial charge in [0.2, 0.25) is 0 Å². The van der Waals surface area contributed by atoms with Gasteiger partial charge >= 0.3 is 0 Å². The average molecular weight is 270 g/mol. The SMILES string of the molecule is CNCc1ccc(OCc2cccs2)cc1.Cl. The van der Waals surface area contributed by atoms with Crippen LogP contribution in [0.15, 0.2) is 41.8 Å². The minimum atomic E-state index is 0. The Morgan fingerprint density at radius 2 is 1.94 bits per heavy atom. The van der Waals surface area contributed by atoms with Crippen molar-refractivity contribution >= 4 is 23.7 Å². The van der Waals surface area contributed by atoms with Crippen LogP contribution in [0.2, 0.25) is 0 Å². The van der Waals surface area contributed by atoms with Gasteiger partial charge in [0.1, 0.15) is 12.4 Å². The minimum Gasteiger partial charge on any atom is -0.488 e. The normalized spacial score (nSPS) is 9.71. The third-order valence-corrected chi connectivity index (χ3v) is 3.12. The maximum absolute atomic E-state index is 5.67. The molecule has 1 aromatic carbocycles. The predicted molar refractivity (Wildman–Crippen MR) is 75.1 cm³/mol. The van der Waals surface area contributed by atoms with E-state index in [2.05, 4.69) is 28.9 Å².